The summed E-state index contributed by atoms with van der Waals surface area (Å²) >= 11 is 0. The van der Waals surface area contributed by atoms with Crippen molar-refractivity contribution in [3.05, 3.63) is 30.7 Å². The van der Waals surface area contributed by atoms with E-state index in [1.165, 1.54) is 6.92 Å². The Morgan fingerprint density at radius 1 is 1.21 bits per heavy atom. The zero-order valence-electron chi connectivity index (χ0n) is 16.7. The highest BCUT2D eigenvalue weighted by atomic mass is 16.1. The van der Waals surface area contributed by atoms with Gasteiger partial charge in [-0.3, -0.25) is 9.48 Å². The first-order valence-corrected chi connectivity index (χ1v) is 9.43. The van der Waals surface area contributed by atoms with Crippen molar-refractivity contribution in [2.45, 2.75) is 19.9 Å². The maximum absolute atomic E-state index is 11.4. The molecule has 1 amide bonds. The van der Waals surface area contributed by atoms with E-state index in [4.69, 9.17) is 4.98 Å². The summed E-state index contributed by atoms with van der Waals surface area (Å²) in [6.07, 6.45) is 5.59. The average Bonchev–Trinajstić information content (AvgIpc) is 3.06. The van der Waals surface area contributed by atoms with Crippen LogP contribution in [-0.4, -0.2) is 63.3 Å². The molecule has 1 aliphatic rings. The molecule has 4 rings (SSSR count). The SMILES string of the molecule is CC(=O)Nc1cc2nc(-c3cnn(C)c3)c(N3CCN(C)C[C@@H]3C)cc2cn1. The van der Waals surface area contributed by atoms with Crippen LogP contribution >= 0.6 is 0 Å². The lowest BCUT2D eigenvalue weighted by molar-refractivity contribution is -0.114. The third-order valence-electron chi connectivity index (χ3n) is 5.10. The fourth-order valence-corrected chi connectivity index (χ4v) is 3.78. The zero-order chi connectivity index (χ0) is 19.8. The summed E-state index contributed by atoms with van der Waals surface area (Å²) in [5, 5.41) is 8.00. The number of piperazine rings is 1. The van der Waals surface area contributed by atoms with Crippen LogP contribution in [0.4, 0.5) is 11.5 Å². The lowest BCUT2D eigenvalue weighted by Gasteiger charge is -2.40. The molecule has 4 heterocycles. The third kappa shape index (κ3) is 3.55. The summed E-state index contributed by atoms with van der Waals surface area (Å²) in [6.45, 7) is 6.66. The molecule has 3 aromatic rings. The molecule has 1 aliphatic heterocycles. The maximum atomic E-state index is 11.4. The van der Waals surface area contributed by atoms with E-state index in [1.807, 2.05) is 25.5 Å². The number of anilines is 2. The van der Waals surface area contributed by atoms with E-state index in [2.05, 4.69) is 45.2 Å². The van der Waals surface area contributed by atoms with Gasteiger partial charge in [-0.1, -0.05) is 0 Å². The standard InChI is InChI=1S/C20H25N7O/c1-13-11-25(3)5-6-27(13)18-7-15-9-21-19(23-14(2)28)8-17(15)24-20(18)16-10-22-26(4)12-16/h7-10,12-13H,5-6,11H2,1-4H3,(H,21,23,28)/t13-/m0/s1. The summed E-state index contributed by atoms with van der Waals surface area (Å²) in [6, 6.07) is 4.34. The van der Waals surface area contributed by atoms with Crippen LogP contribution in [0.1, 0.15) is 13.8 Å². The van der Waals surface area contributed by atoms with Gasteiger partial charge in [-0.2, -0.15) is 5.10 Å². The molecule has 3 aromatic heterocycles. The Bertz CT molecular complexity index is 1030. The summed E-state index contributed by atoms with van der Waals surface area (Å²) in [4.78, 5) is 25.4. The topological polar surface area (TPSA) is 79.2 Å². The predicted molar refractivity (Wildman–Crippen MR) is 110 cm³/mol. The van der Waals surface area contributed by atoms with Gasteiger partial charge in [-0.25, -0.2) is 9.97 Å². The van der Waals surface area contributed by atoms with E-state index in [9.17, 15) is 4.79 Å². The summed E-state index contributed by atoms with van der Waals surface area (Å²) in [7, 11) is 4.06. The van der Waals surface area contributed by atoms with Gasteiger partial charge in [0.15, 0.2) is 0 Å². The Labute approximate surface area is 164 Å². The predicted octanol–water partition coefficient (Wildman–Crippen LogP) is 2.13. The number of hydrogen-bond donors (Lipinski definition) is 1. The fourth-order valence-electron chi connectivity index (χ4n) is 3.78. The van der Waals surface area contributed by atoms with Gasteiger partial charge in [-0.15, -0.1) is 0 Å². The highest BCUT2D eigenvalue weighted by Gasteiger charge is 2.25. The number of nitrogens with one attached hydrogen (secondary N) is 1. The van der Waals surface area contributed by atoms with Crippen LogP contribution in [0.5, 0.6) is 0 Å². The highest BCUT2D eigenvalue weighted by Crippen LogP contribution is 2.34. The minimum atomic E-state index is -0.151. The van der Waals surface area contributed by atoms with E-state index in [0.29, 0.717) is 11.9 Å². The molecule has 0 bridgehead atoms. The number of likely N-dealkylation sites (N-methyl/N-ethyl adjacent to an activating group) is 1. The summed E-state index contributed by atoms with van der Waals surface area (Å²) in [5.74, 6) is 0.354. The zero-order valence-corrected chi connectivity index (χ0v) is 16.7. The van der Waals surface area contributed by atoms with Gasteiger partial charge in [0.2, 0.25) is 5.91 Å². The number of carbonyl (C=O) groups is 1. The van der Waals surface area contributed by atoms with Crippen molar-refractivity contribution >= 4 is 28.3 Å². The van der Waals surface area contributed by atoms with Gasteiger partial charge in [-0.05, 0) is 20.0 Å². The molecule has 0 aliphatic carbocycles. The number of aromatic nitrogens is 4. The molecule has 8 heteroatoms. The van der Waals surface area contributed by atoms with Crippen molar-refractivity contribution in [1.29, 1.82) is 0 Å². The fraction of sp³-hybridized carbons (Fsp3) is 0.400. The largest absolute Gasteiger partial charge is 0.364 e. The monoisotopic (exact) mass is 379 g/mol. The number of rotatable bonds is 3. The van der Waals surface area contributed by atoms with E-state index in [-0.39, 0.29) is 5.91 Å². The minimum absolute atomic E-state index is 0.151. The number of hydrogen-bond acceptors (Lipinski definition) is 6. The number of fused-ring (bicyclic) bond motifs is 1. The highest BCUT2D eigenvalue weighted by molar-refractivity contribution is 5.93. The van der Waals surface area contributed by atoms with E-state index < -0.39 is 0 Å². The first kappa shape index (κ1) is 18.4. The van der Waals surface area contributed by atoms with E-state index in [1.54, 1.807) is 10.9 Å². The second-order valence-corrected chi connectivity index (χ2v) is 7.51. The molecular formula is C20H25N7O. The summed E-state index contributed by atoms with van der Waals surface area (Å²) < 4.78 is 1.79. The van der Waals surface area contributed by atoms with Gasteiger partial charge < -0.3 is 15.1 Å². The molecule has 28 heavy (non-hydrogen) atoms. The molecule has 1 fully saturated rings. The van der Waals surface area contributed by atoms with Gasteiger partial charge in [0, 0.05) is 69.1 Å². The smallest absolute Gasteiger partial charge is 0.222 e. The van der Waals surface area contributed by atoms with Crippen molar-refractivity contribution in [3.63, 3.8) is 0 Å². The molecule has 1 saturated heterocycles. The molecule has 0 spiro atoms. The van der Waals surface area contributed by atoms with Gasteiger partial charge in [0.1, 0.15) is 5.82 Å². The molecule has 0 saturated carbocycles. The lowest BCUT2D eigenvalue weighted by atomic mass is 10.1. The van der Waals surface area contributed by atoms with Crippen molar-refractivity contribution in [3.8, 4) is 11.3 Å². The van der Waals surface area contributed by atoms with E-state index >= 15 is 0 Å². The van der Waals surface area contributed by atoms with Crippen molar-refractivity contribution in [2.75, 3.05) is 36.9 Å². The lowest BCUT2D eigenvalue weighted by Crippen LogP contribution is -2.50. The minimum Gasteiger partial charge on any atom is -0.364 e. The molecule has 8 nitrogen and oxygen atoms in total. The maximum Gasteiger partial charge on any atom is 0.222 e. The van der Waals surface area contributed by atoms with Gasteiger partial charge >= 0.3 is 0 Å². The number of pyridine rings is 2. The second kappa shape index (κ2) is 7.20. The Hall–Kier alpha value is -3.00. The number of amides is 1. The van der Waals surface area contributed by atoms with Crippen LogP contribution in [0.15, 0.2) is 30.7 Å². The normalized spacial score (nSPS) is 17.9. The van der Waals surface area contributed by atoms with Crippen LogP contribution in [0, 0.1) is 0 Å². The number of carbonyl (C=O) groups excluding carboxylic acids is 1. The van der Waals surface area contributed by atoms with Gasteiger partial charge in [0.05, 0.1) is 23.1 Å². The third-order valence-corrected chi connectivity index (χ3v) is 5.10. The molecule has 1 atom stereocenters. The molecule has 0 radical (unpaired) electrons. The molecule has 146 valence electrons. The first-order chi connectivity index (χ1) is 13.4. The van der Waals surface area contributed by atoms with Crippen molar-refractivity contribution in [2.24, 2.45) is 7.05 Å². The molecule has 1 N–H and O–H groups in total. The van der Waals surface area contributed by atoms with Crippen molar-refractivity contribution < 1.29 is 4.79 Å². The molecular weight excluding hydrogens is 354 g/mol. The van der Waals surface area contributed by atoms with Crippen LogP contribution in [0.3, 0.4) is 0 Å². The van der Waals surface area contributed by atoms with Crippen LogP contribution in [-0.2, 0) is 11.8 Å². The second-order valence-electron chi connectivity index (χ2n) is 7.51. The molecule has 0 unspecified atom stereocenters. The number of nitrogens with zero attached hydrogens (tertiary/aromatic N) is 6. The Balaban J connectivity index is 1.85. The summed E-state index contributed by atoms with van der Waals surface area (Å²) in [5.41, 5.74) is 3.76. The first-order valence-electron chi connectivity index (χ1n) is 9.43. The Kier molecular flexibility index (Phi) is 4.72. The van der Waals surface area contributed by atoms with Crippen LogP contribution < -0.4 is 10.2 Å². The van der Waals surface area contributed by atoms with Crippen LogP contribution in [0.25, 0.3) is 22.2 Å². The molecule has 0 aromatic carbocycles. The van der Waals surface area contributed by atoms with Crippen molar-refractivity contribution in [1.82, 2.24) is 24.6 Å². The van der Waals surface area contributed by atoms with E-state index in [0.717, 1.165) is 47.5 Å². The van der Waals surface area contributed by atoms with Crippen LogP contribution in [0.2, 0.25) is 0 Å². The Morgan fingerprint density at radius 2 is 2.04 bits per heavy atom. The Morgan fingerprint density at radius 3 is 2.71 bits per heavy atom. The number of aryl methyl sites for hydroxylation is 1. The average molecular weight is 379 g/mol. The van der Waals surface area contributed by atoms with Gasteiger partial charge in [0.25, 0.3) is 0 Å². The quantitative estimate of drug-likeness (QED) is 0.751.